The zero-order valence-corrected chi connectivity index (χ0v) is 11.3. The highest BCUT2D eigenvalue weighted by atomic mass is 32.1. The molecule has 94 valence electrons. The predicted octanol–water partition coefficient (Wildman–Crippen LogP) is 3.17. The topological polar surface area (TPSA) is 46.3 Å². The van der Waals surface area contributed by atoms with Crippen molar-refractivity contribution >= 4 is 28.6 Å². The van der Waals surface area contributed by atoms with Crippen LogP contribution in [0.4, 0.5) is 11.4 Å². The number of thiophene rings is 1. The molecule has 0 unspecified atom stereocenters. The molecule has 1 amide bonds. The molecule has 0 saturated carbocycles. The summed E-state index contributed by atoms with van der Waals surface area (Å²) in [4.78, 5) is 14.8. The van der Waals surface area contributed by atoms with Crippen molar-refractivity contribution in [3.8, 4) is 0 Å². The zero-order chi connectivity index (χ0) is 13.1. The molecule has 0 radical (unpaired) electrons. The highest BCUT2D eigenvalue weighted by Gasteiger charge is 2.18. The molecule has 2 N–H and O–H groups in total. The molecule has 0 bridgehead atoms. The lowest BCUT2D eigenvalue weighted by Gasteiger charge is -2.19. The van der Waals surface area contributed by atoms with Crippen molar-refractivity contribution in [3.05, 3.63) is 46.2 Å². The third-order valence-electron chi connectivity index (χ3n) is 2.92. The van der Waals surface area contributed by atoms with Crippen LogP contribution in [-0.4, -0.2) is 13.0 Å². The Morgan fingerprint density at radius 1 is 1.33 bits per heavy atom. The average Bonchev–Trinajstić information content (AvgIpc) is 2.86. The van der Waals surface area contributed by atoms with Gasteiger partial charge in [-0.2, -0.15) is 0 Å². The fourth-order valence-electron chi connectivity index (χ4n) is 1.86. The van der Waals surface area contributed by atoms with Gasteiger partial charge in [-0.25, -0.2) is 0 Å². The maximum Gasteiger partial charge on any atom is 0.268 e. The molecule has 1 aromatic heterocycles. The minimum absolute atomic E-state index is 0.000231. The Balaban J connectivity index is 2.33. The second-order valence-electron chi connectivity index (χ2n) is 4.05. The van der Waals surface area contributed by atoms with Gasteiger partial charge in [0, 0.05) is 7.05 Å². The van der Waals surface area contributed by atoms with Crippen molar-refractivity contribution in [2.24, 2.45) is 0 Å². The number of carbonyl (C=O) groups excluding carboxylic acids is 1. The third kappa shape index (κ3) is 2.24. The maximum absolute atomic E-state index is 12.4. The fourth-order valence-corrected chi connectivity index (χ4v) is 2.83. The molecule has 1 heterocycles. The first-order valence-corrected chi connectivity index (χ1v) is 6.72. The number of nitrogens with two attached hydrogens (primary N) is 1. The number of hydrogen-bond donors (Lipinski definition) is 1. The molecule has 4 heteroatoms. The van der Waals surface area contributed by atoms with Gasteiger partial charge in [0.2, 0.25) is 0 Å². The van der Waals surface area contributed by atoms with Crippen LogP contribution in [0, 0.1) is 0 Å². The standard InChI is InChI=1S/C14H16N2OS/c1-3-10-8-9-18-13(10)14(17)16(2)12-7-5-4-6-11(12)15/h4-9H,3,15H2,1-2H3. The monoisotopic (exact) mass is 260 g/mol. The Morgan fingerprint density at radius 3 is 2.72 bits per heavy atom. The van der Waals surface area contributed by atoms with E-state index >= 15 is 0 Å². The summed E-state index contributed by atoms with van der Waals surface area (Å²) in [5, 5.41) is 1.95. The normalized spacial score (nSPS) is 10.3. The van der Waals surface area contributed by atoms with E-state index in [0.29, 0.717) is 5.69 Å². The number of rotatable bonds is 3. The van der Waals surface area contributed by atoms with E-state index in [1.54, 1.807) is 18.0 Å². The number of para-hydroxylation sites is 2. The van der Waals surface area contributed by atoms with Crippen LogP contribution in [0.3, 0.4) is 0 Å². The minimum atomic E-state index is -0.000231. The average molecular weight is 260 g/mol. The Kier molecular flexibility index (Phi) is 3.67. The third-order valence-corrected chi connectivity index (χ3v) is 3.87. The number of anilines is 2. The summed E-state index contributed by atoms with van der Waals surface area (Å²) in [7, 11) is 1.76. The van der Waals surface area contributed by atoms with Crippen molar-refractivity contribution in [2.45, 2.75) is 13.3 Å². The number of nitrogen functional groups attached to an aromatic ring is 1. The van der Waals surface area contributed by atoms with Gasteiger partial charge in [-0.3, -0.25) is 4.79 Å². The predicted molar refractivity (Wildman–Crippen MR) is 77.3 cm³/mol. The SMILES string of the molecule is CCc1ccsc1C(=O)N(C)c1ccccc1N. The van der Waals surface area contributed by atoms with Crippen LogP contribution < -0.4 is 10.6 Å². The number of carbonyl (C=O) groups is 1. The van der Waals surface area contributed by atoms with Gasteiger partial charge in [0.15, 0.2) is 0 Å². The second kappa shape index (κ2) is 5.23. The molecular formula is C14H16N2OS. The second-order valence-corrected chi connectivity index (χ2v) is 4.97. The van der Waals surface area contributed by atoms with E-state index in [1.165, 1.54) is 11.3 Å². The van der Waals surface area contributed by atoms with Gasteiger partial charge in [-0.05, 0) is 35.6 Å². The Morgan fingerprint density at radius 2 is 2.06 bits per heavy atom. The van der Waals surface area contributed by atoms with Crippen molar-refractivity contribution in [3.63, 3.8) is 0 Å². The molecule has 18 heavy (non-hydrogen) atoms. The van der Waals surface area contributed by atoms with Gasteiger partial charge in [0.25, 0.3) is 5.91 Å². The number of amides is 1. The van der Waals surface area contributed by atoms with Crippen molar-refractivity contribution < 1.29 is 4.79 Å². The van der Waals surface area contributed by atoms with Crippen LogP contribution in [0.15, 0.2) is 35.7 Å². The first kappa shape index (κ1) is 12.6. The summed E-state index contributed by atoms with van der Waals surface area (Å²) in [6.45, 7) is 2.05. The molecule has 1 aromatic carbocycles. The van der Waals surface area contributed by atoms with E-state index in [1.807, 2.05) is 29.6 Å². The van der Waals surface area contributed by atoms with Crippen LogP contribution in [0.2, 0.25) is 0 Å². The molecular weight excluding hydrogens is 244 g/mol. The van der Waals surface area contributed by atoms with Gasteiger partial charge < -0.3 is 10.6 Å². The molecule has 2 aromatic rings. The number of benzene rings is 1. The maximum atomic E-state index is 12.4. The van der Waals surface area contributed by atoms with Crippen LogP contribution in [0.1, 0.15) is 22.2 Å². The van der Waals surface area contributed by atoms with Crippen LogP contribution in [-0.2, 0) is 6.42 Å². The molecule has 0 spiro atoms. The number of aryl methyl sites for hydroxylation is 1. The van der Waals surface area contributed by atoms with Gasteiger partial charge in [0.05, 0.1) is 16.3 Å². The molecule has 0 atom stereocenters. The van der Waals surface area contributed by atoms with Gasteiger partial charge in [0.1, 0.15) is 0 Å². The zero-order valence-electron chi connectivity index (χ0n) is 10.5. The highest BCUT2D eigenvalue weighted by molar-refractivity contribution is 7.12. The molecule has 3 nitrogen and oxygen atoms in total. The van der Waals surface area contributed by atoms with E-state index in [0.717, 1.165) is 22.5 Å². The minimum Gasteiger partial charge on any atom is -0.397 e. The lowest BCUT2D eigenvalue weighted by atomic mass is 10.2. The largest absolute Gasteiger partial charge is 0.397 e. The van der Waals surface area contributed by atoms with Gasteiger partial charge >= 0.3 is 0 Å². The Hall–Kier alpha value is -1.81. The van der Waals surface area contributed by atoms with E-state index in [4.69, 9.17) is 5.73 Å². The summed E-state index contributed by atoms with van der Waals surface area (Å²) in [5.74, 6) is -0.000231. The van der Waals surface area contributed by atoms with E-state index < -0.39 is 0 Å². The molecule has 2 rings (SSSR count). The Bertz CT molecular complexity index is 562. The van der Waals surface area contributed by atoms with E-state index in [-0.39, 0.29) is 5.91 Å². The highest BCUT2D eigenvalue weighted by Crippen LogP contribution is 2.26. The first-order valence-electron chi connectivity index (χ1n) is 5.84. The summed E-state index contributed by atoms with van der Waals surface area (Å²) in [5.41, 5.74) is 8.34. The lowest BCUT2D eigenvalue weighted by molar-refractivity contribution is 0.0996. The smallest absolute Gasteiger partial charge is 0.268 e. The molecule has 0 aliphatic heterocycles. The number of hydrogen-bond acceptors (Lipinski definition) is 3. The summed E-state index contributed by atoms with van der Waals surface area (Å²) < 4.78 is 0. The van der Waals surface area contributed by atoms with Crippen molar-refractivity contribution in [2.75, 3.05) is 17.7 Å². The molecule has 0 aliphatic carbocycles. The summed E-state index contributed by atoms with van der Waals surface area (Å²) in [6.07, 6.45) is 0.864. The molecule has 0 fully saturated rings. The van der Waals surface area contributed by atoms with E-state index in [9.17, 15) is 4.79 Å². The molecule has 0 aliphatic rings. The Labute approximate surface area is 111 Å². The molecule has 0 saturated heterocycles. The van der Waals surface area contributed by atoms with Crippen molar-refractivity contribution in [1.82, 2.24) is 0 Å². The van der Waals surface area contributed by atoms with Crippen LogP contribution in [0.5, 0.6) is 0 Å². The lowest BCUT2D eigenvalue weighted by Crippen LogP contribution is -2.26. The van der Waals surface area contributed by atoms with Gasteiger partial charge in [-0.15, -0.1) is 11.3 Å². The van der Waals surface area contributed by atoms with Crippen LogP contribution in [0.25, 0.3) is 0 Å². The summed E-state index contributed by atoms with van der Waals surface area (Å²) in [6, 6.07) is 9.39. The van der Waals surface area contributed by atoms with Crippen molar-refractivity contribution in [1.29, 1.82) is 0 Å². The van der Waals surface area contributed by atoms with E-state index in [2.05, 4.69) is 6.92 Å². The quantitative estimate of drug-likeness (QED) is 0.862. The fraction of sp³-hybridized carbons (Fsp3) is 0.214. The summed E-state index contributed by atoms with van der Waals surface area (Å²) >= 11 is 1.48. The number of nitrogens with zero attached hydrogens (tertiary/aromatic N) is 1. The van der Waals surface area contributed by atoms with Crippen LogP contribution >= 0.6 is 11.3 Å². The first-order chi connectivity index (χ1) is 8.65. The van der Waals surface area contributed by atoms with Gasteiger partial charge in [-0.1, -0.05) is 19.1 Å².